The van der Waals surface area contributed by atoms with Gasteiger partial charge < -0.3 is 4.74 Å². The molecule has 0 bridgehead atoms. The quantitative estimate of drug-likeness (QED) is 0.553. The first-order valence-corrected chi connectivity index (χ1v) is 5.87. The third-order valence-electron chi connectivity index (χ3n) is 2.35. The molecule has 1 heteroatoms. The van der Waals surface area contributed by atoms with E-state index in [2.05, 4.69) is 31.1 Å². The Balaban J connectivity index is 2.82. The van der Waals surface area contributed by atoms with E-state index in [0.29, 0.717) is 0 Å². The molecule has 0 aromatic heterocycles. The van der Waals surface area contributed by atoms with Crippen LogP contribution in [0.15, 0.2) is 61.2 Å². The lowest BCUT2D eigenvalue weighted by Gasteiger charge is -1.98. The summed E-state index contributed by atoms with van der Waals surface area (Å²) in [4.78, 5) is 0. The lowest BCUT2D eigenvalue weighted by molar-refractivity contribution is 0.415. The normalized spacial score (nSPS) is 10.2. The number of allylic oxidation sites excluding steroid dienone is 4. The van der Waals surface area contributed by atoms with Crippen LogP contribution in [-0.4, -0.2) is 7.11 Å². The molecule has 0 amide bonds. The Morgan fingerprint density at radius 1 is 1.22 bits per heavy atom. The average molecular weight is 238 g/mol. The summed E-state index contributed by atoms with van der Waals surface area (Å²) in [7, 11) is 1.65. The van der Waals surface area contributed by atoms with Crippen molar-refractivity contribution in [1.82, 2.24) is 0 Å². The van der Waals surface area contributed by atoms with E-state index in [1.165, 1.54) is 0 Å². The van der Waals surface area contributed by atoms with Gasteiger partial charge in [-0.05, 0) is 37.1 Å². The van der Waals surface area contributed by atoms with Gasteiger partial charge in [-0.15, -0.1) is 13.2 Å². The van der Waals surface area contributed by atoms with Gasteiger partial charge in [-0.2, -0.15) is 0 Å². The van der Waals surface area contributed by atoms with Crippen molar-refractivity contribution < 1.29 is 4.74 Å². The second-order valence-corrected chi connectivity index (χ2v) is 3.73. The van der Waals surface area contributed by atoms with Crippen molar-refractivity contribution >= 4 is 0 Å². The predicted molar refractivity (Wildman–Crippen MR) is 77.6 cm³/mol. The summed E-state index contributed by atoms with van der Waals surface area (Å²) < 4.78 is 5.10. The summed E-state index contributed by atoms with van der Waals surface area (Å²) in [5, 5.41) is 0. The highest BCUT2D eigenvalue weighted by Crippen LogP contribution is 2.10. The van der Waals surface area contributed by atoms with Crippen LogP contribution >= 0.6 is 0 Å². The molecule has 0 heterocycles. The number of hydrogen-bond donors (Lipinski definition) is 0. The van der Waals surface area contributed by atoms with Crippen LogP contribution in [-0.2, 0) is 0 Å². The first kappa shape index (κ1) is 13.9. The molecule has 0 saturated heterocycles. The minimum Gasteiger partial charge on any atom is -0.497 e. The summed E-state index contributed by atoms with van der Waals surface area (Å²) in [6.07, 6.45) is 7.42. The Bertz CT molecular complexity index is 481. The van der Waals surface area contributed by atoms with E-state index in [1.807, 2.05) is 36.4 Å². The van der Waals surface area contributed by atoms with E-state index in [9.17, 15) is 0 Å². The molecule has 1 aromatic carbocycles. The van der Waals surface area contributed by atoms with Crippen molar-refractivity contribution in [1.29, 1.82) is 0 Å². The molecule has 0 aliphatic rings. The largest absolute Gasteiger partial charge is 0.497 e. The van der Waals surface area contributed by atoms with Crippen molar-refractivity contribution in [2.75, 3.05) is 7.11 Å². The highest BCUT2D eigenvalue weighted by molar-refractivity contribution is 5.43. The van der Waals surface area contributed by atoms with Crippen LogP contribution in [0.4, 0.5) is 0 Å². The third-order valence-corrected chi connectivity index (χ3v) is 2.35. The maximum atomic E-state index is 5.10. The second kappa shape index (κ2) is 7.97. The molecular weight excluding hydrogens is 220 g/mol. The maximum absolute atomic E-state index is 5.10. The first-order valence-electron chi connectivity index (χ1n) is 5.87. The van der Waals surface area contributed by atoms with Gasteiger partial charge in [-0.3, -0.25) is 0 Å². The fourth-order valence-electron chi connectivity index (χ4n) is 1.39. The Hall–Kier alpha value is -2.20. The zero-order valence-corrected chi connectivity index (χ0v) is 10.8. The van der Waals surface area contributed by atoms with E-state index in [1.54, 1.807) is 7.11 Å². The van der Waals surface area contributed by atoms with Gasteiger partial charge in [-0.1, -0.05) is 30.1 Å². The lowest BCUT2D eigenvalue weighted by atomic mass is 10.1. The molecule has 0 unspecified atom stereocenters. The lowest BCUT2D eigenvalue weighted by Crippen LogP contribution is -1.82. The molecule has 0 radical (unpaired) electrons. The molecule has 0 aliphatic carbocycles. The van der Waals surface area contributed by atoms with Crippen LogP contribution in [0.5, 0.6) is 5.75 Å². The van der Waals surface area contributed by atoms with Crippen molar-refractivity contribution in [2.45, 2.75) is 12.8 Å². The van der Waals surface area contributed by atoms with Crippen molar-refractivity contribution in [3.05, 3.63) is 66.8 Å². The maximum Gasteiger partial charge on any atom is 0.118 e. The summed E-state index contributed by atoms with van der Waals surface area (Å²) in [5.74, 6) is 7.14. The first-order chi connectivity index (χ1) is 8.80. The topological polar surface area (TPSA) is 9.23 Å². The molecule has 0 atom stereocenters. The van der Waals surface area contributed by atoms with Crippen LogP contribution in [0.25, 0.3) is 0 Å². The van der Waals surface area contributed by atoms with E-state index >= 15 is 0 Å². The molecular formula is C17H18O. The Morgan fingerprint density at radius 3 is 2.50 bits per heavy atom. The van der Waals surface area contributed by atoms with Gasteiger partial charge in [0.25, 0.3) is 0 Å². The van der Waals surface area contributed by atoms with Gasteiger partial charge in [-0.25, -0.2) is 0 Å². The van der Waals surface area contributed by atoms with Gasteiger partial charge in [0, 0.05) is 11.1 Å². The number of rotatable bonds is 5. The zero-order valence-electron chi connectivity index (χ0n) is 10.8. The number of methoxy groups -OCH3 is 1. The van der Waals surface area contributed by atoms with Crippen molar-refractivity contribution in [2.24, 2.45) is 0 Å². The highest BCUT2D eigenvalue weighted by atomic mass is 16.5. The Labute approximate surface area is 109 Å². The molecule has 0 N–H and O–H groups in total. The van der Waals surface area contributed by atoms with Gasteiger partial charge >= 0.3 is 0 Å². The number of benzene rings is 1. The molecule has 0 aliphatic heterocycles. The molecule has 1 nitrogen and oxygen atoms in total. The van der Waals surface area contributed by atoms with Gasteiger partial charge in [0.15, 0.2) is 0 Å². The highest BCUT2D eigenvalue weighted by Gasteiger charge is 1.91. The predicted octanol–water partition coefficient (Wildman–Crippen LogP) is 4.13. The van der Waals surface area contributed by atoms with Crippen molar-refractivity contribution in [3.63, 3.8) is 0 Å². The number of ether oxygens (including phenoxy) is 1. The van der Waals surface area contributed by atoms with Crippen LogP contribution < -0.4 is 4.74 Å². The van der Waals surface area contributed by atoms with Crippen LogP contribution in [0, 0.1) is 11.8 Å². The average Bonchev–Trinajstić information content (AvgIpc) is 2.42. The van der Waals surface area contributed by atoms with Gasteiger partial charge in [0.1, 0.15) is 5.75 Å². The standard InChI is InChI=1S/C17H18O/c1-4-6-8-15(7-5-2)9-10-16-11-13-17(18-3)14-12-16/h4-5,8,11-14H,1-2,6-7H2,3H3. The fraction of sp³-hybridized carbons (Fsp3) is 0.176. The van der Waals surface area contributed by atoms with Crippen LogP contribution in [0.1, 0.15) is 18.4 Å². The molecule has 0 saturated carbocycles. The monoisotopic (exact) mass is 238 g/mol. The summed E-state index contributed by atoms with van der Waals surface area (Å²) >= 11 is 0. The van der Waals surface area contributed by atoms with E-state index in [4.69, 9.17) is 4.74 Å². The van der Waals surface area contributed by atoms with Crippen LogP contribution in [0.3, 0.4) is 0 Å². The molecule has 0 fully saturated rings. The summed E-state index contributed by atoms with van der Waals surface area (Å²) in [5.41, 5.74) is 2.05. The molecule has 92 valence electrons. The van der Waals surface area contributed by atoms with Gasteiger partial charge in [0.05, 0.1) is 7.11 Å². The molecule has 18 heavy (non-hydrogen) atoms. The van der Waals surface area contributed by atoms with Crippen LogP contribution in [0.2, 0.25) is 0 Å². The van der Waals surface area contributed by atoms with Gasteiger partial charge in [0.2, 0.25) is 0 Å². The third kappa shape index (κ3) is 4.76. The van der Waals surface area contributed by atoms with E-state index in [-0.39, 0.29) is 0 Å². The van der Waals surface area contributed by atoms with E-state index in [0.717, 1.165) is 29.7 Å². The minimum atomic E-state index is 0.789. The Morgan fingerprint density at radius 2 is 1.94 bits per heavy atom. The van der Waals surface area contributed by atoms with E-state index < -0.39 is 0 Å². The zero-order chi connectivity index (χ0) is 13.2. The second-order valence-electron chi connectivity index (χ2n) is 3.73. The van der Waals surface area contributed by atoms with Crippen molar-refractivity contribution in [3.8, 4) is 17.6 Å². The fourth-order valence-corrected chi connectivity index (χ4v) is 1.39. The molecule has 1 rings (SSSR count). The minimum absolute atomic E-state index is 0.789. The summed E-state index contributed by atoms with van der Waals surface area (Å²) in [6.45, 7) is 7.43. The Kier molecular flexibility index (Phi) is 6.14. The summed E-state index contributed by atoms with van der Waals surface area (Å²) in [6, 6.07) is 7.71. The molecule has 0 spiro atoms. The number of hydrogen-bond acceptors (Lipinski definition) is 1. The smallest absolute Gasteiger partial charge is 0.118 e. The SMILES string of the molecule is C=CCC=C(C#Cc1ccc(OC)cc1)CC=C. The molecule has 1 aromatic rings.